The number of furan rings is 1. The van der Waals surface area contributed by atoms with Crippen LogP contribution in [-0.4, -0.2) is 59.4 Å². The lowest BCUT2D eigenvalue weighted by Crippen LogP contribution is -2.34. The van der Waals surface area contributed by atoms with E-state index in [-0.39, 0.29) is 17.7 Å². The maximum Gasteiger partial charge on any atom is 0.433 e. The van der Waals surface area contributed by atoms with E-state index < -0.39 is 11.0 Å². The molecule has 1 amide bonds. The molecule has 22 heavy (non-hydrogen) atoms. The Morgan fingerprint density at radius 1 is 1.50 bits per heavy atom. The predicted octanol–water partition coefficient (Wildman–Crippen LogP) is 1.68. The van der Waals surface area contributed by atoms with Crippen molar-refractivity contribution in [1.29, 1.82) is 0 Å². The summed E-state index contributed by atoms with van der Waals surface area (Å²) in [6.07, 6.45) is 0.485. The highest BCUT2D eigenvalue weighted by atomic mass is 16.6. The third-order valence-electron chi connectivity index (χ3n) is 3.33. The molecule has 0 aliphatic carbocycles. The molecule has 1 aromatic rings. The van der Waals surface area contributed by atoms with Crippen molar-refractivity contribution >= 4 is 18.2 Å². The van der Waals surface area contributed by atoms with Crippen LogP contribution in [0.2, 0.25) is 0 Å². The Balaban J connectivity index is 1.93. The summed E-state index contributed by atoms with van der Waals surface area (Å²) < 4.78 is 10.2. The molecule has 120 valence electrons. The van der Waals surface area contributed by atoms with Crippen LogP contribution in [0.3, 0.4) is 0 Å². The van der Waals surface area contributed by atoms with Crippen LogP contribution in [0.15, 0.2) is 21.7 Å². The molecule has 0 radical (unpaired) electrons. The molecule has 1 aromatic heterocycles. The summed E-state index contributed by atoms with van der Waals surface area (Å²) >= 11 is 0. The molecule has 0 bridgehead atoms. The van der Waals surface area contributed by atoms with Gasteiger partial charge >= 0.3 is 12.0 Å². The van der Waals surface area contributed by atoms with Gasteiger partial charge in [-0.05, 0) is 19.2 Å². The van der Waals surface area contributed by atoms with Crippen LogP contribution in [0, 0.1) is 10.1 Å². The summed E-state index contributed by atoms with van der Waals surface area (Å²) in [6.45, 7) is 6.83. The Morgan fingerprint density at radius 3 is 2.82 bits per heavy atom. The first-order valence-corrected chi connectivity index (χ1v) is 7.02. The number of amides is 1. The second-order valence-corrected chi connectivity index (χ2v) is 4.75. The van der Waals surface area contributed by atoms with Gasteiger partial charge in [-0.15, -0.1) is 0 Å². The first-order valence-electron chi connectivity index (χ1n) is 7.02. The zero-order valence-corrected chi connectivity index (χ0v) is 12.5. The van der Waals surface area contributed by atoms with E-state index in [9.17, 15) is 14.9 Å². The molecule has 9 heteroatoms. The maximum atomic E-state index is 11.7. The normalized spacial score (nSPS) is 18.4. The van der Waals surface area contributed by atoms with Gasteiger partial charge in [-0.3, -0.25) is 10.1 Å². The van der Waals surface area contributed by atoms with Crippen LogP contribution in [-0.2, 0) is 4.74 Å². The minimum Gasteiger partial charge on any atom is -0.441 e. The van der Waals surface area contributed by atoms with Crippen molar-refractivity contribution in [1.82, 2.24) is 9.91 Å². The number of nitrogens with zero attached hydrogens (tertiary/aromatic N) is 4. The van der Waals surface area contributed by atoms with Crippen molar-refractivity contribution in [2.75, 3.05) is 26.2 Å². The van der Waals surface area contributed by atoms with E-state index in [2.05, 4.69) is 10.0 Å². The van der Waals surface area contributed by atoms with Gasteiger partial charge in [0.2, 0.25) is 0 Å². The van der Waals surface area contributed by atoms with E-state index >= 15 is 0 Å². The van der Waals surface area contributed by atoms with Crippen LogP contribution < -0.4 is 0 Å². The second kappa shape index (κ2) is 7.03. The highest BCUT2D eigenvalue weighted by molar-refractivity contribution is 5.78. The fourth-order valence-electron chi connectivity index (χ4n) is 2.10. The number of rotatable bonds is 7. The average molecular weight is 310 g/mol. The van der Waals surface area contributed by atoms with Gasteiger partial charge in [-0.25, -0.2) is 4.79 Å². The van der Waals surface area contributed by atoms with E-state index in [1.807, 2.05) is 13.8 Å². The molecule has 1 aliphatic rings. The van der Waals surface area contributed by atoms with Gasteiger partial charge in [0.05, 0.1) is 18.8 Å². The molecule has 1 aliphatic heterocycles. The lowest BCUT2D eigenvalue weighted by Gasteiger charge is -2.20. The monoisotopic (exact) mass is 310 g/mol. The van der Waals surface area contributed by atoms with Gasteiger partial charge in [0, 0.05) is 6.54 Å². The molecule has 2 heterocycles. The Morgan fingerprint density at radius 2 is 2.23 bits per heavy atom. The number of carbonyl (C=O) groups excluding carboxylic acids is 1. The van der Waals surface area contributed by atoms with Crippen molar-refractivity contribution in [2.24, 2.45) is 5.10 Å². The minimum atomic E-state index is -0.637. The number of nitro groups is 1. The fraction of sp³-hybridized carbons (Fsp3) is 0.538. The Hall–Kier alpha value is -2.42. The van der Waals surface area contributed by atoms with E-state index in [1.54, 1.807) is 0 Å². The molecule has 2 rings (SSSR count). The summed E-state index contributed by atoms with van der Waals surface area (Å²) in [4.78, 5) is 23.7. The van der Waals surface area contributed by atoms with Crippen molar-refractivity contribution in [3.05, 3.63) is 28.0 Å². The molecule has 0 spiro atoms. The summed E-state index contributed by atoms with van der Waals surface area (Å²) in [5.74, 6) is -0.170. The van der Waals surface area contributed by atoms with E-state index in [0.717, 1.165) is 13.1 Å². The van der Waals surface area contributed by atoms with Crippen molar-refractivity contribution in [2.45, 2.75) is 20.0 Å². The summed E-state index contributed by atoms with van der Waals surface area (Å²) in [7, 11) is 0. The molecule has 0 aromatic carbocycles. The number of ether oxygens (including phenoxy) is 1. The van der Waals surface area contributed by atoms with Gasteiger partial charge < -0.3 is 14.1 Å². The lowest BCUT2D eigenvalue weighted by molar-refractivity contribution is -0.402. The molecule has 0 unspecified atom stereocenters. The number of hydrazone groups is 1. The highest BCUT2D eigenvalue weighted by Gasteiger charge is 2.32. The first-order chi connectivity index (χ1) is 10.5. The van der Waals surface area contributed by atoms with Gasteiger partial charge in [0.15, 0.2) is 5.76 Å². The lowest BCUT2D eigenvalue weighted by atomic mass is 10.3. The van der Waals surface area contributed by atoms with Gasteiger partial charge in [0.25, 0.3) is 0 Å². The third-order valence-corrected chi connectivity index (χ3v) is 3.33. The quantitative estimate of drug-likeness (QED) is 0.431. The number of carbonyl (C=O) groups is 1. The largest absolute Gasteiger partial charge is 0.441 e. The van der Waals surface area contributed by atoms with Crippen molar-refractivity contribution in [3.63, 3.8) is 0 Å². The Labute approximate surface area is 127 Å². The molecule has 0 N–H and O–H groups in total. The van der Waals surface area contributed by atoms with Crippen LogP contribution in [0.25, 0.3) is 0 Å². The Kier molecular flexibility index (Phi) is 5.10. The Bertz CT molecular complexity index is 567. The highest BCUT2D eigenvalue weighted by Crippen LogP contribution is 2.16. The maximum absolute atomic E-state index is 11.7. The standard InChI is InChI=1S/C13H18N4O5/c1-3-15(4-2)8-11-9-16(13(18)22-11)14-7-10-5-6-12(21-10)17(19)20/h5-7,11H,3-4,8-9H2,1-2H3/b14-7-/t11-/m0/s1. The zero-order valence-electron chi connectivity index (χ0n) is 12.5. The third kappa shape index (κ3) is 3.82. The predicted molar refractivity (Wildman–Crippen MR) is 77.7 cm³/mol. The number of cyclic esters (lactones) is 1. The number of likely N-dealkylation sites (N-methyl/N-ethyl adjacent to an activating group) is 1. The summed E-state index contributed by atoms with van der Waals surface area (Å²) in [5.41, 5.74) is 0. The molecule has 9 nitrogen and oxygen atoms in total. The zero-order chi connectivity index (χ0) is 16.1. The van der Waals surface area contributed by atoms with Crippen LogP contribution >= 0.6 is 0 Å². The van der Waals surface area contributed by atoms with Gasteiger partial charge in [-0.2, -0.15) is 10.1 Å². The molecule has 1 saturated heterocycles. The van der Waals surface area contributed by atoms with Gasteiger partial charge in [-0.1, -0.05) is 13.8 Å². The van der Waals surface area contributed by atoms with Crippen LogP contribution in [0.1, 0.15) is 19.6 Å². The fourth-order valence-corrected chi connectivity index (χ4v) is 2.10. The molecular formula is C13H18N4O5. The summed E-state index contributed by atoms with van der Waals surface area (Å²) in [5, 5.41) is 15.6. The van der Waals surface area contributed by atoms with E-state index in [0.29, 0.717) is 13.1 Å². The average Bonchev–Trinajstić information content (AvgIpc) is 3.09. The topological polar surface area (TPSA) is 101 Å². The van der Waals surface area contributed by atoms with E-state index in [4.69, 9.17) is 9.15 Å². The molecular weight excluding hydrogens is 292 g/mol. The summed E-state index contributed by atoms with van der Waals surface area (Å²) in [6, 6.07) is 2.64. The van der Waals surface area contributed by atoms with Crippen LogP contribution in [0.5, 0.6) is 0 Å². The molecule has 1 atom stereocenters. The van der Waals surface area contributed by atoms with Gasteiger partial charge in [0.1, 0.15) is 11.0 Å². The SMILES string of the molecule is CCN(CC)C[C@H]1CN(/N=C\c2ccc([N+](=O)[O-])o2)C(=O)O1. The molecule has 1 fully saturated rings. The van der Waals surface area contributed by atoms with E-state index in [1.165, 1.54) is 23.4 Å². The van der Waals surface area contributed by atoms with Crippen molar-refractivity contribution in [3.8, 4) is 0 Å². The van der Waals surface area contributed by atoms with Crippen LogP contribution in [0.4, 0.5) is 10.7 Å². The number of hydrogen-bond acceptors (Lipinski definition) is 7. The minimum absolute atomic E-state index is 0.201. The second-order valence-electron chi connectivity index (χ2n) is 4.75. The molecule has 0 saturated carbocycles. The smallest absolute Gasteiger partial charge is 0.433 e. The first kappa shape index (κ1) is 16.0. The van der Waals surface area contributed by atoms with Crippen molar-refractivity contribution < 1.29 is 18.9 Å². The number of hydrogen-bond donors (Lipinski definition) is 0.